The summed E-state index contributed by atoms with van der Waals surface area (Å²) in [5.41, 5.74) is 1.65. The van der Waals surface area contributed by atoms with Crippen LogP contribution in [-0.2, 0) is 4.79 Å². The number of aromatic amines is 1. The molecule has 2 aromatic heterocycles. The number of amides is 1. The lowest BCUT2D eigenvalue weighted by Gasteiger charge is -2.11. The van der Waals surface area contributed by atoms with E-state index in [4.69, 9.17) is 4.74 Å². The van der Waals surface area contributed by atoms with E-state index in [9.17, 15) is 4.79 Å². The van der Waals surface area contributed by atoms with Gasteiger partial charge >= 0.3 is 0 Å². The Morgan fingerprint density at radius 3 is 2.96 bits per heavy atom. The van der Waals surface area contributed by atoms with Crippen LogP contribution in [0, 0.1) is 0 Å². The predicted molar refractivity (Wildman–Crippen MR) is 86.1 cm³/mol. The topological polar surface area (TPSA) is 84.8 Å². The third-order valence-corrected chi connectivity index (χ3v) is 3.58. The molecule has 7 nitrogen and oxygen atoms in total. The van der Waals surface area contributed by atoms with Gasteiger partial charge in [-0.2, -0.15) is 5.10 Å². The molecule has 0 aliphatic rings. The number of methoxy groups -OCH3 is 1. The molecular weight excluding hydrogens is 294 g/mol. The summed E-state index contributed by atoms with van der Waals surface area (Å²) in [7, 11) is 1.62. The van der Waals surface area contributed by atoms with E-state index in [1.165, 1.54) is 0 Å². The summed E-state index contributed by atoms with van der Waals surface area (Å²) in [6, 6.07) is 9.01. The lowest BCUT2D eigenvalue weighted by Crippen LogP contribution is -2.23. The number of H-pyrrole nitrogens is 1. The fourth-order valence-corrected chi connectivity index (χ4v) is 2.26. The van der Waals surface area contributed by atoms with Crippen LogP contribution in [0.1, 0.15) is 13.0 Å². The first-order valence-corrected chi connectivity index (χ1v) is 7.16. The number of aromatic nitrogens is 4. The van der Waals surface area contributed by atoms with Crippen LogP contribution >= 0.6 is 0 Å². The molecular formula is C16H17N5O2. The Kier molecular flexibility index (Phi) is 4.09. The van der Waals surface area contributed by atoms with Crippen LogP contribution in [0.3, 0.4) is 0 Å². The highest BCUT2D eigenvalue weighted by atomic mass is 16.5. The smallest absolute Gasteiger partial charge is 0.248 e. The van der Waals surface area contributed by atoms with Crippen molar-refractivity contribution in [2.24, 2.45) is 0 Å². The molecule has 3 aromatic rings. The van der Waals surface area contributed by atoms with Gasteiger partial charge in [0, 0.05) is 24.0 Å². The van der Waals surface area contributed by atoms with E-state index in [0.717, 1.165) is 17.0 Å². The van der Waals surface area contributed by atoms with Gasteiger partial charge in [-0.3, -0.25) is 9.89 Å². The molecule has 1 atom stereocenters. The first-order valence-electron chi connectivity index (χ1n) is 7.16. The summed E-state index contributed by atoms with van der Waals surface area (Å²) in [6.45, 7) is 1.80. The van der Waals surface area contributed by atoms with E-state index in [0.29, 0.717) is 5.82 Å². The van der Waals surface area contributed by atoms with Crippen LogP contribution in [0.2, 0.25) is 0 Å². The fourth-order valence-electron chi connectivity index (χ4n) is 2.26. The third-order valence-electron chi connectivity index (χ3n) is 3.58. The SMILES string of the molecule is COc1ccccc1-c1cc(NC(=O)[C@@H](C)n2ccnc2)n[nH]1. The molecule has 118 valence electrons. The molecule has 0 bridgehead atoms. The van der Waals surface area contributed by atoms with Crippen LogP contribution in [0.5, 0.6) is 5.75 Å². The van der Waals surface area contributed by atoms with Gasteiger partial charge in [0.1, 0.15) is 11.8 Å². The fraction of sp³-hybridized carbons (Fsp3) is 0.188. The summed E-state index contributed by atoms with van der Waals surface area (Å²) in [5, 5.41) is 9.83. The molecule has 0 aliphatic carbocycles. The molecule has 7 heteroatoms. The number of rotatable bonds is 5. The van der Waals surface area contributed by atoms with Crippen LogP contribution in [0.15, 0.2) is 49.1 Å². The molecule has 3 rings (SSSR count). The van der Waals surface area contributed by atoms with Crippen LogP contribution in [-0.4, -0.2) is 32.8 Å². The van der Waals surface area contributed by atoms with Gasteiger partial charge < -0.3 is 14.6 Å². The summed E-state index contributed by atoms with van der Waals surface area (Å²) in [5.74, 6) is 1.03. The second-order valence-electron chi connectivity index (χ2n) is 5.04. The van der Waals surface area contributed by atoms with E-state index in [-0.39, 0.29) is 11.9 Å². The van der Waals surface area contributed by atoms with Crippen molar-refractivity contribution in [3.05, 3.63) is 49.1 Å². The Balaban J connectivity index is 1.76. The molecule has 23 heavy (non-hydrogen) atoms. The van der Waals surface area contributed by atoms with Crippen molar-refractivity contribution in [1.82, 2.24) is 19.7 Å². The Hall–Kier alpha value is -3.09. The Labute approximate surface area is 133 Å². The van der Waals surface area contributed by atoms with Gasteiger partial charge in [0.25, 0.3) is 0 Å². The van der Waals surface area contributed by atoms with Crippen molar-refractivity contribution in [2.75, 3.05) is 12.4 Å². The van der Waals surface area contributed by atoms with Gasteiger partial charge in [0.2, 0.25) is 5.91 Å². The van der Waals surface area contributed by atoms with Crippen molar-refractivity contribution in [2.45, 2.75) is 13.0 Å². The molecule has 0 saturated carbocycles. The van der Waals surface area contributed by atoms with Gasteiger partial charge in [-0.1, -0.05) is 12.1 Å². The van der Waals surface area contributed by atoms with Gasteiger partial charge in [-0.15, -0.1) is 0 Å². The first-order chi connectivity index (χ1) is 11.2. The molecule has 0 aliphatic heterocycles. The standard InChI is InChI=1S/C16H17N5O2/c1-11(21-8-7-17-10-21)16(22)18-15-9-13(19-20-15)12-5-3-4-6-14(12)23-2/h3-11H,1-2H3,(H2,18,19,20,22)/t11-/m1/s1. The maximum absolute atomic E-state index is 12.2. The molecule has 2 heterocycles. The number of benzene rings is 1. The number of nitrogens with zero attached hydrogens (tertiary/aromatic N) is 3. The van der Waals surface area contributed by atoms with Gasteiger partial charge in [0.05, 0.1) is 19.1 Å². The molecule has 1 amide bonds. The number of carbonyl (C=O) groups excluding carboxylic acids is 1. The minimum Gasteiger partial charge on any atom is -0.496 e. The number of hydrogen-bond acceptors (Lipinski definition) is 4. The highest BCUT2D eigenvalue weighted by Gasteiger charge is 2.16. The average Bonchev–Trinajstić information content (AvgIpc) is 3.26. The predicted octanol–water partition coefficient (Wildman–Crippen LogP) is 2.48. The molecule has 0 spiro atoms. The Morgan fingerprint density at radius 1 is 1.39 bits per heavy atom. The number of nitrogens with one attached hydrogen (secondary N) is 2. The Bertz CT molecular complexity index is 794. The summed E-state index contributed by atoms with van der Waals surface area (Å²) in [6.07, 6.45) is 4.99. The monoisotopic (exact) mass is 311 g/mol. The normalized spacial score (nSPS) is 11.9. The molecule has 0 radical (unpaired) electrons. The summed E-state index contributed by atoms with van der Waals surface area (Å²) >= 11 is 0. The maximum atomic E-state index is 12.2. The van der Waals surface area contributed by atoms with E-state index in [1.54, 1.807) is 43.4 Å². The molecule has 1 aromatic carbocycles. The number of hydrogen-bond donors (Lipinski definition) is 2. The lowest BCUT2D eigenvalue weighted by atomic mass is 10.1. The van der Waals surface area contributed by atoms with Crippen LogP contribution < -0.4 is 10.1 Å². The molecule has 0 fully saturated rings. The van der Waals surface area contributed by atoms with Crippen LogP contribution in [0.4, 0.5) is 5.82 Å². The highest BCUT2D eigenvalue weighted by molar-refractivity contribution is 5.93. The number of anilines is 1. The lowest BCUT2D eigenvalue weighted by molar-refractivity contribution is -0.118. The summed E-state index contributed by atoms with van der Waals surface area (Å²) in [4.78, 5) is 16.2. The van der Waals surface area contributed by atoms with E-state index >= 15 is 0 Å². The number of para-hydroxylation sites is 1. The van der Waals surface area contributed by atoms with Crippen molar-refractivity contribution in [1.29, 1.82) is 0 Å². The zero-order valence-electron chi connectivity index (χ0n) is 12.9. The number of carbonyl (C=O) groups is 1. The molecule has 0 unspecified atom stereocenters. The number of ether oxygens (including phenoxy) is 1. The largest absolute Gasteiger partial charge is 0.496 e. The van der Waals surface area contributed by atoms with E-state index in [1.807, 2.05) is 24.3 Å². The summed E-state index contributed by atoms with van der Waals surface area (Å²) < 4.78 is 7.06. The Morgan fingerprint density at radius 2 is 2.22 bits per heavy atom. The minimum absolute atomic E-state index is 0.166. The molecule has 2 N–H and O–H groups in total. The first kappa shape index (κ1) is 14.8. The zero-order chi connectivity index (χ0) is 16.2. The van der Waals surface area contributed by atoms with Crippen molar-refractivity contribution in [3.63, 3.8) is 0 Å². The van der Waals surface area contributed by atoms with Gasteiger partial charge in [-0.05, 0) is 19.1 Å². The van der Waals surface area contributed by atoms with Crippen molar-refractivity contribution >= 4 is 11.7 Å². The second-order valence-corrected chi connectivity index (χ2v) is 5.04. The molecule has 0 saturated heterocycles. The van der Waals surface area contributed by atoms with Crippen LogP contribution in [0.25, 0.3) is 11.3 Å². The van der Waals surface area contributed by atoms with Gasteiger partial charge in [-0.25, -0.2) is 4.98 Å². The average molecular weight is 311 g/mol. The maximum Gasteiger partial charge on any atom is 0.248 e. The minimum atomic E-state index is -0.371. The third kappa shape index (κ3) is 3.08. The second kappa shape index (κ2) is 6.35. The van der Waals surface area contributed by atoms with Crippen molar-refractivity contribution in [3.8, 4) is 17.0 Å². The quantitative estimate of drug-likeness (QED) is 0.758. The number of imidazole rings is 1. The van der Waals surface area contributed by atoms with E-state index < -0.39 is 0 Å². The zero-order valence-corrected chi connectivity index (χ0v) is 12.9. The van der Waals surface area contributed by atoms with E-state index in [2.05, 4.69) is 20.5 Å². The van der Waals surface area contributed by atoms with Gasteiger partial charge in [0.15, 0.2) is 5.82 Å². The van der Waals surface area contributed by atoms with Crippen molar-refractivity contribution < 1.29 is 9.53 Å². The highest BCUT2D eigenvalue weighted by Crippen LogP contribution is 2.29.